The van der Waals surface area contributed by atoms with E-state index in [4.69, 9.17) is 10.8 Å². The van der Waals surface area contributed by atoms with Crippen LogP contribution in [0.25, 0.3) is 0 Å². The molecular formula is C9H20N2O2. The van der Waals surface area contributed by atoms with Crippen molar-refractivity contribution in [2.24, 2.45) is 11.7 Å². The van der Waals surface area contributed by atoms with Gasteiger partial charge in [-0.15, -0.1) is 0 Å². The van der Waals surface area contributed by atoms with Crippen LogP contribution in [0.4, 0.5) is 0 Å². The van der Waals surface area contributed by atoms with Gasteiger partial charge in [-0.2, -0.15) is 0 Å². The van der Waals surface area contributed by atoms with E-state index in [0.29, 0.717) is 13.0 Å². The fourth-order valence-corrected chi connectivity index (χ4v) is 0.767. The third-order valence-corrected chi connectivity index (χ3v) is 2.36. The van der Waals surface area contributed by atoms with Crippen LogP contribution in [0, 0.1) is 5.92 Å². The number of aliphatic hydroxyl groups excluding tert-OH is 1. The summed E-state index contributed by atoms with van der Waals surface area (Å²) in [5.41, 5.74) is 4.84. The van der Waals surface area contributed by atoms with E-state index in [2.05, 4.69) is 5.32 Å². The lowest BCUT2D eigenvalue weighted by Crippen LogP contribution is -2.51. The first kappa shape index (κ1) is 12.4. The highest BCUT2D eigenvalue weighted by atomic mass is 16.3. The van der Waals surface area contributed by atoms with Crippen molar-refractivity contribution in [1.82, 2.24) is 5.32 Å². The zero-order valence-electron chi connectivity index (χ0n) is 8.63. The summed E-state index contributed by atoms with van der Waals surface area (Å²) >= 11 is 0. The second-order valence-electron chi connectivity index (χ2n) is 3.70. The van der Waals surface area contributed by atoms with Crippen LogP contribution in [0.5, 0.6) is 0 Å². The first-order chi connectivity index (χ1) is 5.99. The van der Waals surface area contributed by atoms with Crippen LogP contribution in [0.2, 0.25) is 0 Å². The van der Waals surface area contributed by atoms with Gasteiger partial charge in [0.25, 0.3) is 0 Å². The van der Waals surface area contributed by atoms with Crippen molar-refractivity contribution < 1.29 is 9.90 Å². The van der Waals surface area contributed by atoms with Crippen molar-refractivity contribution in [3.8, 4) is 0 Å². The SMILES string of the molecule is CCC(C)(CO)NC(=O)C(C)CN. The van der Waals surface area contributed by atoms with E-state index < -0.39 is 5.54 Å². The Bertz CT molecular complexity index is 167. The topological polar surface area (TPSA) is 75.3 Å². The Morgan fingerprint density at radius 1 is 1.69 bits per heavy atom. The highest BCUT2D eigenvalue weighted by Crippen LogP contribution is 2.08. The molecule has 0 aromatic rings. The molecule has 4 N–H and O–H groups in total. The maximum Gasteiger partial charge on any atom is 0.224 e. The number of carbonyl (C=O) groups excluding carboxylic acids is 1. The van der Waals surface area contributed by atoms with Crippen LogP contribution >= 0.6 is 0 Å². The summed E-state index contributed by atoms with van der Waals surface area (Å²) in [6.45, 7) is 5.78. The third-order valence-electron chi connectivity index (χ3n) is 2.36. The molecular weight excluding hydrogens is 168 g/mol. The van der Waals surface area contributed by atoms with E-state index in [-0.39, 0.29) is 18.4 Å². The normalized spacial score (nSPS) is 17.6. The number of amides is 1. The van der Waals surface area contributed by atoms with Crippen molar-refractivity contribution in [2.75, 3.05) is 13.2 Å². The van der Waals surface area contributed by atoms with Crippen LogP contribution in [0.3, 0.4) is 0 Å². The van der Waals surface area contributed by atoms with Gasteiger partial charge in [-0.25, -0.2) is 0 Å². The van der Waals surface area contributed by atoms with E-state index in [1.54, 1.807) is 6.92 Å². The van der Waals surface area contributed by atoms with E-state index >= 15 is 0 Å². The number of hydrogen-bond acceptors (Lipinski definition) is 3. The van der Waals surface area contributed by atoms with Gasteiger partial charge in [-0.05, 0) is 13.3 Å². The molecule has 0 heterocycles. The molecule has 0 bridgehead atoms. The Morgan fingerprint density at radius 3 is 2.54 bits per heavy atom. The van der Waals surface area contributed by atoms with Gasteiger partial charge in [0.1, 0.15) is 0 Å². The van der Waals surface area contributed by atoms with E-state index in [1.807, 2.05) is 13.8 Å². The van der Waals surface area contributed by atoms with Crippen molar-refractivity contribution in [1.29, 1.82) is 0 Å². The Labute approximate surface area is 79.5 Å². The Kier molecular flexibility index (Phi) is 4.95. The molecule has 4 heteroatoms. The predicted octanol–water partition coefficient (Wildman–Crippen LogP) is -0.142. The van der Waals surface area contributed by atoms with Gasteiger partial charge in [-0.1, -0.05) is 13.8 Å². The monoisotopic (exact) mass is 188 g/mol. The van der Waals surface area contributed by atoms with Crippen LogP contribution in [-0.2, 0) is 4.79 Å². The predicted molar refractivity (Wildman–Crippen MR) is 52.1 cm³/mol. The largest absolute Gasteiger partial charge is 0.394 e. The van der Waals surface area contributed by atoms with Gasteiger partial charge >= 0.3 is 0 Å². The summed E-state index contributed by atoms with van der Waals surface area (Å²) < 4.78 is 0. The summed E-state index contributed by atoms with van der Waals surface area (Å²) in [4.78, 5) is 11.4. The van der Waals surface area contributed by atoms with Crippen LogP contribution in [0.15, 0.2) is 0 Å². The first-order valence-electron chi connectivity index (χ1n) is 4.62. The van der Waals surface area contributed by atoms with Gasteiger partial charge in [-0.3, -0.25) is 4.79 Å². The minimum atomic E-state index is -0.513. The van der Waals surface area contributed by atoms with E-state index in [1.165, 1.54) is 0 Å². The maximum absolute atomic E-state index is 11.4. The van der Waals surface area contributed by atoms with Crippen molar-refractivity contribution in [3.05, 3.63) is 0 Å². The van der Waals surface area contributed by atoms with Crippen molar-refractivity contribution in [3.63, 3.8) is 0 Å². The molecule has 2 atom stereocenters. The van der Waals surface area contributed by atoms with Gasteiger partial charge in [0.2, 0.25) is 5.91 Å². The number of nitrogens with one attached hydrogen (secondary N) is 1. The van der Waals surface area contributed by atoms with Gasteiger partial charge in [0.15, 0.2) is 0 Å². The molecule has 1 amide bonds. The lowest BCUT2D eigenvalue weighted by molar-refractivity contribution is -0.126. The van der Waals surface area contributed by atoms with Gasteiger partial charge in [0, 0.05) is 12.5 Å². The van der Waals surface area contributed by atoms with Crippen molar-refractivity contribution >= 4 is 5.91 Å². The molecule has 4 nitrogen and oxygen atoms in total. The zero-order valence-corrected chi connectivity index (χ0v) is 8.63. The van der Waals surface area contributed by atoms with Crippen molar-refractivity contribution in [2.45, 2.75) is 32.7 Å². The highest BCUT2D eigenvalue weighted by molar-refractivity contribution is 5.79. The molecule has 0 spiro atoms. The molecule has 0 saturated carbocycles. The highest BCUT2D eigenvalue weighted by Gasteiger charge is 2.24. The molecule has 0 radical (unpaired) electrons. The minimum Gasteiger partial charge on any atom is -0.394 e. The number of hydrogen-bond donors (Lipinski definition) is 3. The summed E-state index contributed by atoms with van der Waals surface area (Å²) in [6, 6.07) is 0. The van der Waals surface area contributed by atoms with E-state index in [0.717, 1.165) is 0 Å². The molecule has 0 aromatic carbocycles. The summed E-state index contributed by atoms with van der Waals surface area (Å²) in [7, 11) is 0. The molecule has 0 aliphatic heterocycles. The second-order valence-corrected chi connectivity index (χ2v) is 3.70. The fraction of sp³-hybridized carbons (Fsp3) is 0.889. The van der Waals surface area contributed by atoms with Gasteiger partial charge in [0.05, 0.1) is 12.1 Å². The lowest BCUT2D eigenvalue weighted by atomic mass is 9.99. The van der Waals surface area contributed by atoms with Crippen LogP contribution in [0.1, 0.15) is 27.2 Å². The zero-order chi connectivity index (χ0) is 10.5. The number of aliphatic hydroxyl groups is 1. The fourth-order valence-electron chi connectivity index (χ4n) is 0.767. The average molecular weight is 188 g/mol. The molecule has 2 unspecified atom stereocenters. The molecule has 0 rings (SSSR count). The molecule has 78 valence electrons. The molecule has 13 heavy (non-hydrogen) atoms. The van der Waals surface area contributed by atoms with Crippen LogP contribution in [-0.4, -0.2) is 29.7 Å². The maximum atomic E-state index is 11.4. The molecule has 0 fully saturated rings. The number of nitrogens with two attached hydrogens (primary N) is 1. The van der Waals surface area contributed by atoms with E-state index in [9.17, 15) is 4.79 Å². The van der Waals surface area contributed by atoms with Gasteiger partial charge < -0.3 is 16.2 Å². The van der Waals surface area contributed by atoms with Crippen LogP contribution < -0.4 is 11.1 Å². The smallest absolute Gasteiger partial charge is 0.224 e. The first-order valence-corrected chi connectivity index (χ1v) is 4.62. The Hall–Kier alpha value is -0.610. The Balaban J connectivity index is 4.17. The lowest BCUT2D eigenvalue weighted by Gasteiger charge is -2.28. The molecule has 0 aliphatic carbocycles. The quantitative estimate of drug-likeness (QED) is 0.562. The third kappa shape index (κ3) is 3.74. The molecule has 0 aliphatic rings. The summed E-state index contributed by atoms with van der Waals surface area (Å²) in [5, 5.41) is 11.8. The standard InChI is InChI=1S/C9H20N2O2/c1-4-9(3,6-12)11-8(13)7(2)5-10/h7,12H,4-6,10H2,1-3H3,(H,11,13). The minimum absolute atomic E-state index is 0.0491. The number of rotatable bonds is 5. The second kappa shape index (κ2) is 5.19. The Morgan fingerprint density at radius 2 is 2.23 bits per heavy atom. The summed E-state index contributed by atoms with van der Waals surface area (Å²) in [5.74, 6) is -0.293. The molecule has 0 saturated heterocycles. The number of carbonyl (C=O) groups is 1. The molecule has 0 aromatic heterocycles. The summed E-state index contributed by atoms with van der Waals surface area (Å²) in [6.07, 6.45) is 0.701. The average Bonchev–Trinajstić information content (AvgIpc) is 2.16.